The van der Waals surface area contributed by atoms with Crippen molar-refractivity contribution in [3.63, 3.8) is 0 Å². The maximum Gasteiger partial charge on any atom is 0.316 e. The number of aromatic nitrogens is 3. The predicted molar refractivity (Wildman–Crippen MR) is 80.9 cm³/mol. The topological polar surface area (TPSA) is 64.3 Å². The van der Waals surface area contributed by atoms with E-state index < -0.39 is 0 Å². The third kappa shape index (κ3) is 2.42. The monoisotopic (exact) mass is 300 g/mol. The van der Waals surface area contributed by atoms with E-state index in [0.29, 0.717) is 18.1 Å². The molecule has 0 aromatic carbocycles. The van der Waals surface area contributed by atoms with Gasteiger partial charge in [0.05, 0.1) is 5.69 Å². The molecule has 2 aliphatic rings. The summed E-state index contributed by atoms with van der Waals surface area (Å²) >= 11 is 0. The molecule has 3 atom stereocenters. The number of aryl methyl sites for hydroxylation is 1. The van der Waals surface area contributed by atoms with Gasteiger partial charge in [0, 0.05) is 37.3 Å². The molecule has 4 rings (SSSR count). The fourth-order valence-corrected chi connectivity index (χ4v) is 3.61. The van der Waals surface area contributed by atoms with Crippen molar-refractivity contribution in [1.82, 2.24) is 15.0 Å². The highest BCUT2D eigenvalue weighted by molar-refractivity contribution is 5.35. The summed E-state index contributed by atoms with van der Waals surface area (Å²) in [5.41, 5.74) is 1.02. The molecule has 2 fully saturated rings. The van der Waals surface area contributed by atoms with Crippen LogP contribution in [0.2, 0.25) is 0 Å². The molecule has 0 saturated carbocycles. The highest BCUT2D eigenvalue weighted by atomic mass is 16.5. The number of hydrogen-bond acceptors (Lipinski definition) is 6. The van der Waals surface area contributed by atoms with Gasteiger partial charge in [-0.15, -0.1) is 0 Å². The summed E-state index contributed by atoms with van der Waals surface area (Å²) in [5, 5.41) is 0. The third-order valence-electron chi connectivity index (χ3n) is 4.63. The minimum Gasteiger partial charge on any atom is -0.460 e. The van der Waals surface area contributed by atoms with Crippen LogP contribution in [0.5, 0.6) is 6.01 Å². The second-order valence-corrected chi connectivity index (χ2v) is 6.01. The van der Waals surface area contributed by atoms with Gasteiger partial charge < -0.3 is 14.1 Å². The predicted octanol–water partition coefficient (Wildman–Crippen LogP) is 2.61. The molecule has 0 amide bonds. The Labute approximate surface area is 129 Å². The maximum absolute atomic E-state index is 5.95. The molecular weight excluding hydrogens is 280 g/mol. The van der Waals surface area contributed by atoms with Crippen molar-refractivity contribution in [3.05, 3.63) is 30.4 Å². The van der Waals surface area contributed by atoms with E-state index in [-0.39, 0.29) is 6.10 Å². The molecule has 6 heteroatoms. The van der Waals surface area contributed by atoms with Crippen LogP contribution < -0.4 is 9.64 Å². The Morgan fingerprint density at radius 1 is 1.23 bits per heavy atom. The van der Waals surface area contributed by atoms with E-state index in [2.05, 4.69) is 26.8 Å². The lowest BCUT2D eigenvalue weighted by Crippen LogP contribution is -2.46. The molecule has 0 radical (unpaired) electrons. The Morgan fingerprint density at radius 3 is 2.59 bits per heavy atom. The third-order valence-corrected chi connectivity index (χ3v) is 4.63. The van der Waals surface area contributed by atoms with E-state index in [0.717, 1.165) is 31.0 Å². The van der Waals surface area contributed by atoms with E-state index >= 15 is 0 Å². The van der Waals surface area contributed by atoms with Crippen molar-refractivity contribution in [1.29, 1.82) is 0 Å². The van der Waals surface area contributed by atoms with Gasteiger partial charge in [0.2, 0.25) is 0 Å². The van der Waals surface area contributed by atoms with Gasteiger partial charge in [-0.25, -0.2) is 9.97 Å². The average molecular weight is 300 g/mol. The first-order valence-corrected chi connectivity index (χ1v) is 8.00. The van der Waals surface area contributed by atoms with Crippen molar-refractivity contribution in [2.24, 2.45) is 0 Å². The van der Waals surface area contributed by atoms with Gasteiger partial charge >= 0.3 is 6.01 Å². The Kier molecular flexibility index (Phi) is 3.44. The summed E-state index contributed by atoms with van der Waals surface area (Å²) in [5.74, 6) is 0. The minimum absolute atomic E-state index is 0.178. The van der Waals surface area contributed by atoms with Crippen molar-refractivity contribution in [2.45, 2.75) is 57.2 Å². The van der Waals surface area contributed by atoms with E-state index in [1.807, 2.05) is 0 Å². The molecule has 2 aromatic heterocycles. The van der Waals surface area contributed by atoms with E-state index in [4.69, 9.17) is 9.15 Å². The van der Waals surface area contributed by atoms with Gasteiger partial charge in [-0.3, -0.25) is 0 Å². The number of nitrogens with zero attached hydrogens (tertiary/aromatic N) is 4. The number of fused-ring (bicyclic) bond motifs is 2. The van der Waals surface area contributed by atoms with Gasteiger partial charge in [0.15, 0.2) is 0 Å². The van der Waals surface area contributed by atoms with Crippen molar-refractivity contribution >= 4 is 6.01 Å². The van der Waals surface area contributed by atoms with E-state index in [9.17, 15) is 0 Å². The fraction of sp³-hybridized carbons (Fsp3) is 0.562. The molecular formula is C16H20N4O2. The van der Waals surface area contributed by atoms with E-state index in [1.54, 1.807) is 24.7 Å². The molecule has 0 N–H and O–H groups in total. The molecule has 2 aromatic rings. The fourth-order valence-electron chi connectivity index (χ4n) is 3.61. The number of piperidine rings is 1. The first kappa shape index (κ1) is 13.5. The number of ether oxygens (including phenoxy) is 1. The van der Waals surface area contributed by atoms with Gasteiger partial charge in [0.25, 0.3) is 6.01 Å². The number of oxazole rings is 1. The lowest BCUT2D eigenvalue weighted by molar-refractivity contribution is 0.135. The number of rotatable bonds is 4. The van der Waals surface area contributed by atoms with Crippen molar-refractivity contribution in [2.75, 3.05) is 4.90 Å². The quantitative estimate of drug-likeness (QED) is 0.865. The van der Waals surface area contributed by atoms with E-state index in [1.165, 1.54) is 12.8 Å². The Balaban J connectivity index is 1.47. The highest BCUT2D eigenvalue weighted by Crippen LogP contribution is 2.39. The molecule has 116 valence electrons. The first-order chi connectivity index (χ1) is 10.8. The summed E-state index contributed by atoms with van der Waals surface area (Å²) in [7, 11) is 0. The van der Waals surface area contributed by atoms with Crippen LogP contribution in [-0.4, -0.2) is 33.1 Å². The molecule has 0 spiro atoms. The maximum atomic E-state index is 5.95. The molecule has 2 bridgehead atoms. The first-order valence-electron chi connectivity index (χ1n) is 8.00. The molecule has 0 aliphatic carbocycles. The van der Waals surface area contributed by atoms with Crippen LogP contribution in [0.25, 0.3) is 0 Å². The second kappa shape index (κ2) is 5.59. The smallest absolute Gasteiger partial charge is 0.316 e. The normalized spacial score (nSPS) is 27.1. The zero-order chi connectivity index (χ0) is 14.9. The van der Waals surface area contributed by atoms with Crippen LogP contribution in [0.1, 0.15) is 38.3 Å². The zero-order valence-electron chi connectivity index (χ0n) is 12.7. The van der Waals surface area contributed by atoms with Crippen LogP contribution in [0.4, 0.5) is 6.01 Å². The zero-order valence-corrected chi connectivity index (χ0v) is 12.7. The summed E-state index contributed by atoms with van der Waals surface area (Å²) < 4.78 is 11.6. The molecule has 0 unspecified atom stereocenters. The van der Waals surface area contributed by atoms with Crippen molar-refractivity contribution in [3.8, 4) is 6.01 Å². The van der Waals surface area contributed by atoms with Crippen LogP contribution in [0.3, 0.4) is 0 Å². The summed E-state index contributed by atoms with van der Waals surface area (Å²) in [6.07, 6.45) is 10.6. The van der Waals surface area contributed by atoms with Gasteiger partial charge in [-0.1, -0.05) is 6.92 Å². The van der Waals surface area contributed by atoms with Crippen LogP contribution >= 0.6 is 0 Å². The molecule has 2 saturated heterocycles. The second-order valence-electron chi connectivity index (χ2n) is 6.01. The Bertz CT molecular complexity index is 616. The Hall–Kier alpha value is -2.11. The Morgan fingerprint density at radius 2 is 1.95 bits per heavy atom. The van der Waals surface area contributed by atoms with Crippen LogP contribution in [-0.2, 0) is 6.42 Å². The van der Waals surface area contributed by atoms with Gasteiger partial charge in [0.1, 0.15) is 12.4 Å². The van der Waals surface area contributed by atoms with Crippen molar-refractivity contribution < 1.29 is 9.15 Å². The molecule has 2 aliphatic heterocycles. The average Bonchev–Trinajstić information content (AvgIpc) is 3.11. The van der Waals surface area contributed by atoms with Gasteiger partial charge in [-0.05, 0) is 25.3 Å². The number of hydrogen-bond donors (Lipinski definition) is 0. The summed E-state index contributed by atoms with van der Waals surface area (Å²) in [4.78, 5) is 15.3. The largest absolute Gasteiger partial charge is 0.460 e. The summed E-state index contributed by atoms with van der Waals surface area (Å²) in [6.45, 7) is 2.09. The minimum atomic E-state index is 0.178. The standard InChI is InChI=1S/C16H20N4O2/c1-2-11-10-21-16(19-11)20-12-4-5-13(20)9-14(8-12)22-15-17-6-3-7-18-15/h3,6-7,10,12-14H,2,4-5,8-9H2,1H3/t12-,13+,14+. The molecule has 22 heavy (non-hydrogen) atoms. The highest BCUT2D eigenvalue weighted by Gasteiger charge is 2.43. The lowest BCUT2D eigenvalue weighted by Gasteiger charge is -2.37. The SMILES string of the molecule is CCc1coc(N2[C@@H]3CC[C@H]2C[C@@H](Oc2ncccn2)C3)n1. The molecule has 6 nitrogen and oxygen atoms in total. The lowest BCUT2D eigenvalue weighted by atomic mass is 10.0. The number of anilines is 1. The van der Waals surface area contributed by atoms with Gasteiger partial charge in [-0.2, -0.15) is 4.98 Å². The van der Waals surface area contributed by atoms with Crippen LogP contribution in [0.15, 0.2) is 29.1 Å². The summed E-state index contributed by atoms with van der Waals surface area (Å²) in [6, 6.07) is 3.93. The van der Waals surface area contributed by atoms with Crippen LogP contribution in [0, 0.1) is 0 Å². The molecule has 4 heterocycles.